The van der Waals surface area contributed by atoms with E-state index in [4.69, 9.17) is 4.74 Å². The SMILES string of the molecule is COc1ccc(-c2cccc(C(=O)N(C)C)c2)cc1S(=O)(=O)Nc1ccc2cccc(N(C)C(=O)c3ccccc3)c2c1. The number of sulfonamides is 1. The van der Waals surface area contributed by atoms with E-state index in [2.05, 4.69) is 4.72 Å². The predicted octanol–water partition coefficient (Wildman–Crippen LogP) is 6.29. The summed E-state index contributed by atoms with van der Waals surface area (Å²) in [6.45, 7) is 0. The number of ether oxygens (including phenoxy) is 1. The Bertz CT molecular complexity index is 1940. The van der Waals surface area contributed by atoms with Crippen molar-refractivity contribution in [2.24, 2.45) is 0 Å². The summed E-state index contributed by atoms with van der Waals surface area (Å²) in [5, 5.41) is 1.55. The van der Waals surface area contributed by atoms with E-state index in [-0.39, 0.29) is 22.5 Å². The quantitative estimate of drug-likeness (QED) is 0.228. The lowest BCUT2D eigenvalue weighted by Crippen LogP contribution is -2.26. The highest BCUT2D eigenvalue weighted by atomic mass is 32.2. The monoisotopic (exact) mass is 593 g/mol. The van der Waals surface area contributed by atoms with Crippen LogP contribution in [0.4, 0.5) is 11.4 Å². The van der Waals surface area contributed by atoms with Crippen molar-refractivity contribution in [2.75, 3.05) is 37.9 Å². The smallest absolute Gasteiger partial charge is 0.265 e. The fourth-order valence-electron chi connectivity index (χ4n) is 4.86. The summed E-state index contributed by atoms with van der Waals surface area (Å²) < 4.78 is 35.6. The van der Waals surface area contributed by atoms with Gasteiger partial charge in [0.15, 0.2) is 0 Å². The van der Waals surface area contributed by atoms with Crippen LogP contribution in [0, 0.1) is 0 Å². The van der Waals surface area contributed by atoms with Crippen LogP contribution in [-0.4, -0.2) is 53.4 Å². The number of fused-ring (bicyclic) bond motifs is 1. The van der Waals surface area contributed by atoms with Gasteiger partial charge in [0, 0.05) is 43.3 Å². The minimum absolute atomic E-state index is 0.0541. The molecule has 0 saturated carbocycles. The standard InChI is InChI=1S/C34H31N3O5S/c1-36(2)33(38)27-14-8-13-25(20-27)26-17-19-31(42-4)32(21-26)43(40,41)35-28-18-16-23-12-9-15-30(29(23)22-28)37(3)34(39)24-10-6-5-7-11-24/h5-22,35H,1-4H3. The second kappa shape index (κ2) is 12.0. The largest absolute Gasteiger partial charge is 0.495 e. The van der Waals surface area contributed by atoms with Crippen LogP contribution in [0.25, 0.3) is 21.9 Å². The fraction of sp³-hybridized carbons (Fsp3) is 0.118. The molecule has 43 heavy (non-hydrogen) atoms. The summed E-state index contributed by atoms with van der Waals surface area (Å²) in [7, 11) is 2.33. The molecule has 0 bridgehead atoms. The lowest BCUT2D eigenvalue weighted by Gasteiger charge is -2.20. The molecule has 0 heterocycles. The molecular formula is C34H31N3O5S. The van der Waals surface area contributed by atoms with Crippen LogP contribution in [0.3, 0.4) is 0 Å². The number of amides is 2. The van der Waals surface area contributed by atoms with Gasteiger partial charge in [0.25, 0.3) is 21.8 Å². The molecule has 8 nitrogen and oxygen atoms in total. The summed E-state index contributed by atoms with van der Waals surface area (Å²) in [5.41, 5.74) is 3.29. The van der Waals surface area contributed by atoms with E-state index in [1.807, 2.05) is 30.3 Å². The Hall–Kier alpha value is -5.15. The van der Waals surface area contributed by atoms with Gasteiger partial charge in [0.1, 0.15) is 10.6 Å². The van der Waals surface area contributed by atoms with Gasteiger partial charge in [0.05, 0.1) is 12.8 Å². The molecule has 0 aromatic heterocycles. The molecule has 218 valence electrons. The summed E-state index contributed by atoms with van der Waals surface area (Å²) in [6.07, 6.45) is 0. The third-order valence-corrected chi connectivity index (χ3v) is 8.50. The second-order valence-electron chi connectivity index (χ2n) is 10.2. The molecule has 0 fully saturated rings. The van der Waals surface area contributed by atoms with Crippen molar-refractivity contribution in [3.05, 3.63) is 120 Å². The van der Waals surface area contributed by atoms with Crippen molar-refractivity contribution in [2.45, 2.75) is 4.90 Å². The van der Waals surface area contributed by atoms with E-state index in [9.17, 15) is 18.0 Å². The van der Waals surface area contributed by atoms with Crippen LogP contribution in [0.1, 0.15) is 20.7 Å². The number of nitrogens with zero attached hydrogens (tertiary/aromatic N) is 2. The molecule has 2 amide bonds. The first kappa shape index (κ1) is 29.3. The minimum atomic E-state index is -4.12. The number of benzene rings is 5. The zero-order valence-electron chi connectivity index (χ0n) is 24.2. The van der Waals surface area contributed by atoms with Gasteiger partial charge in [-0.1, -0.05) is 54.6 Å². The third-order valence-electron chi connectivity index (χ3n) is 7.10. The van der Waals surface area contributed by atoms with Gasteiger partial charge in [-0.2, -0.15) is 0 Å². The van der Waals surface area contributed by atoms with Gasteiger partial charge in [-0.15, -0.1) is 0 Å². The van der Waals surface area contributed by atoms with Crippen molar-refractivity contribution >= 4 is 44.0 Å². The average Bonchev–Trinajstić information content (AvgIpc) is 3.03. The molecule has 5 aromatic carbocycles. The molecule has 0 atom stereocenters. The number of hydrogen-bond donors (Lipinski definition) is 1. The number of rotatable bonds is 8. The topological polar surface area (TPSA) is 96.0 Å². The Labute approximate surface area is 251 Å². The van der Waals surface area contributed by atoms with Crippen LogP contribution < -0.4 is 14.4 Å². The molecule has 0 unspecified atom stereocenters. The zero-order valence-corrected chi connectivity index (χ0v) is 25.1. The highest BCUT2D eigenvalue weighted by molar-refractivity contribution is 7.92. The van der Waals surface area contributed by atoms with Crippen molar-refractivity contribution in [3.63, 3.8) is 0 Å². The third kappa shape index (κ3) is 6.07. The molecule has 0 spiro atoms. The first-order chi connectivity index (χ1) is 20.6. The van der Waals surface area contributed by atoms with Crippen LogP contribution in [0.2, 0.25) is 0 Å². The number of anilines is 2. The molecule has 0 radical (unpaired) electrons. The molecular weight excluding hydrogens is 562 g/mol. The fourth-order valence-corrected chi connectivity index (χ4v) is 6.11. The van der Waals surface area contributed by atoms with Crippen molar-refractivity contribution in [1.29, 1.82) is 0 Å². The highest BCUT2D eigenvalue weighted by Gasteiger charge is 2.22. The van der Waals surface area contributed by atoms with Gasteiger partial charge >= 0.3 is 0 Å². The highest BCUT2D eigenvalue weighted by Crippen LogP contribution is 2.34. The summed E-state index contributed by atoms with van der Waals surface area (Å²) in [5.74, 6) is -0.167. The van der Waals surface area contributed by atoms with Crippen molar-refractivity contribution in [1.82, 2.24) is 4.90 Å². The molecule has 0 aliphatic carbocycles. The maximum atomic E-state index is 13.8. The van der Waals surface area contributed by atoms with Crippen LogP contribution >= 0.6 is 0 Å². The molecule has 9 heteroatoms. The summed E-state index contributed by atoms with van der Waals surface area (Å²) in [4.78, 5) is 28.7. The lowest BCUT2D eigenvalue weighted by atomic mass is 10.0. The Balaban J connectivity index is 1.50. The number of nitrogens with one attached hydrogen (secondary N) is 1. The van der Waals surface area contributed by atoms with Crippen molar-refractivity contribution < 1.29 is 22.7 Å². The van der Waals surface area contributed by atoms with E-state index >= 15 is 0 Å². The molecule has 5 aromatic rings. The van der Waals surface area contributed by atoms with Gasteiger partial charge in [-0.05, 0) is 71.1 Å². The van der Waals surface area contributed by atoms with E-state index in [0.717, 1.165) is 5.39 Å². The Morgan fingerprint density at radius 1 is 0.698 bits per heavy atom. The Morgan fingerprint density at radius 2 is 1.40 bits per heavy atom. The van der Waals surface area contributed by atoms with Gasteiger partial charge in [0.2, 0.25) is 0 Å². The molecule has 0 saturated heterocycles. The second-order valence-corrected chi connectivity index (χ2v) is 11.8. The molecule has 0 aliphatic rings. The van der Waals surface area contributed by atoms with E-state index in [1.54, 1.807) is 98.8 Å². The average molecular weight is 594 g/mol. The van der Waals surface area contributed by atoms with Crippen molar-refractivity contribution in [3.8, 4) is 16.9 Å². The zero-order chi connectivity index (χ0) is 30.7. The molecule has 5 rings (SSSR count). The van der Waals surface area contributed by atoms with E-state index < -0.39 is 10.0 Å². The maximum Gasteiger partial charge on any atom is 0.265 e. The number of hydrogen-bond acceptors (Lipinski definition) is 5. The molecule has 0 aliphatic heterocycles. The first-order valence-corrected chi connectivity index (χ1v) is 15.0. The molecule has 1 N–H and O–H groups in total. The normalized spacial score (nSPS) is 11.2. The summed E-state index contributed by atoms with van der Waals surface area (Å²) >= 11 is 0. The first-order valence-electron chi connectivity index (χ1n) is 13.5. The van der Waals surface area contributed by atoms with Gasteiger partial charge in [-0.3, -0.25) is 14.3 Å². The number of carbonyl (C=O) groups is 2. The van der Waals surface area contributed by atoms with E-state index in [1.165, 1.54) is 18.1 Å². The Kier molecular flexibility index (Phi) is 8.18. The Morgan fingerprint density at radius 3 is 2.12 bits per heavy atom. The number of carbonyl (C=O) groups excluding carboxylic acids is 2. The van der Waals surface area contributed by atoms with Gasteiger partial charge in [-0.25, -0.2) is 8.42 Å². The van der Waals surface area contributed by atoms with Crippen LogP contribution in [0.5, 0.6) is 5.75 Å². The van der Waals surface area contributed by atoms with Crippen LogP contribution in [0.15, 0.2) is 114 Å². The van der Waals surface area contributed by atoms with Gasteiger partial charge < -0.3 is 14.5 Å². The maximum absolute atomic E-state index is 13.8. The van der Waals surface area contributed by atoms with Crippen LogP contribution in [-0.2, 0) is 10.0 Å². The van der Waals surface area contributed by atoms with E-state index in [0.29, 0.717) is 39.0 Å². The lowest BCUT2D eigenvalue weighted by molar-refractivity contribution is 0.0827. The predicted molar refractivity (Wildman–Crippen MR) is 170 cm³/mol. The number of methoxy groups -OCH3 is 1. The minimum Gasteiger partial charge on any atom is -0.495 e. The summed E-state index contributed by atoms with van der Waals surface area (Å²) in [6, 6.07) is 31.6.